The van der Waals surface area contributed by atoms with Gasteiger partial charge < -0.3 is 5.32 Å². The zero-order chi connectivity index (χ0) is 20.3. The fourth-order valence-corrected chi connectivity index (χ4v) is 4.35. The fraction of sp³-hybridized carbons (Fsp3) is 0.190. The van der Waals surface area contributed by atoms with Crippen LogP contribution in [0.4, 0.5) is 15.8 Å². The number of rotatable bonds is 6. The number of anilines is 2. The van der Waals surface area contributed by atoms with Crippen LogP contribution in [0.1, 0.15) is 13.3 Å². The molecule has 0 aliphatic carbocycles. The van der Waals surface area contributed by atoms with Gasteiger partial charge in [0.25, 0.3) is 0 Å². The summed E-state index contributed by atoms with van der Waals surface area (Å²) in [6, 6.07) is 17.3. The van der Waals surface area contributed by atoms with Gasteiger partial charge in [-0.1, -0.05) is 37.3 Å². The maximum Gasteiger partial charge on any atom is 0.248 e. The Balaban J connectivity index is 1.92. The first-order valence-electron chi connectivity index (χ1n) is 8.84. The van der Waals surface area contributed by atoms with Crippen molar-refractivity contribution in [1.29, 1.82) is 0 Å². The van der Waals surface area contributed by atoms with Crippen molar-refractivity contribution >= 4 is 38.1 Å². The molecule has 3 rings (SSSR count). The number of hydrogen-bond donors (Lipinski definition) is 1. The van der Waals surface area contributed by atoms with Crippen molar-refractivity contribution in [3.05, 3.63) is 72.5 Å². The van der Waals surface area contributed by atoms with Gasteiger partial charge in [0.1, 0.15) is 11.9 Å². The maximum atomic E-state index is 13.3. The smallest absolute Gasteiger partial charge is 0.248 e. The van der Waals surface area contributed by atoms with E-state index < -0.39 is 27.8 Å². The number of carbonyl (C=O) groups excluding carboxylic acids is 1. The van der Waals surface area contributed by atoms with Crippen LogP contribution in [0.25, 0.3) is 10.8 Å². The SMILES string of the molecule is CC[C@H](C(=O)Nc1ccc2ccccc2c1)N(c1ccc(F)cc1)S(C)(=O)=O. The lowest BCUT2D eigenvalue weighted by atomic mass is 10.1. The molecule has 3 aromatic rings. The van der Waals surface area contributed by atoms with Crippen LogP contribution in [0, 0.1) is 5.82 Å². The van der Waals surface area contributed by atoms with Gasteiger partial charge in [-0.05, 0) is 53.6 Å². The van der Waals surface area contributed by atoms with E-state index in [1.165, 1.54) is 24.3 Å². The molecule has 0 saturated heterocycles. The van der Waals surface area contributed by atoms with Gasteiger partial charge in [-0.25, -0.2) is 12.8 Å². The number of benzene rings is 3. The van der Waals surface area contributed by atoms with E-state index in [0.717, 1.165) is 21.3 Å². The van der Waals surface area contributed by atoms with E-state index in [2.05, 4.69) is 5.32 Å². The van der Waals surface area contributed by atoms with Gasteiger partial charge in [-0.2, -0.15) is 0 Å². The summed E-state index contributed by atoms with van der Waals surface area (Å²) < 4.78 is 39.1. The minimum absolute atomic E-state index is 0.240. The van der Waals surface area contributed by atoms with Crippen LogP contribution < -0.4 is 9.62 Å². The number of nitrogens with zero attached hydrogens (tertiary/aromatic N) is 1. The normalized spacial score (nSPS) is 12.5. The third-order valence-corrected chi connectivity index (χ3v) is 5.61. The van der Waals surface area contributed by atoms with Crippen molar-refractivity contribution in [3.63, 3.8) is 0 Å². The summed E-state index contributed by atoms with van der Waals surface area (Å²) in [5, 5.41) is 4.80. The van der Waals surface area contributed by atoms with E-state index in [0.29, 0.717) is 5.69 Å². The van der Waals surface area contributed by atoms with Crippen LogP contribution in [0.5, 0.6) is 0 Å². The van der Waals surface area contributed by atoms with E-state index in [4.69, 9.17) is 0 Å². The lowest BCUT2D eigenvalue weighted by molar-refractivity contribution is -0.117. The van der Waals surface area contributed by atoms with Crippen molar-refractivity contribution in [2.45, 2.75) is 19.4 Å². The molecule has 3 aromatic carbocycles. The van der Waals surface area contributed by atoms with Crippen molar-refractivity contribution in [3.8, 4) is 0 Å². The molecule has 0 fully saturated rings. The van der Waals surface area contributed by atoms with Crippen molar-refractivity contribution in [1.82, 2.24) is 0 Å². The van der Waals surface area contributed by atoms with Gasteiger partial charge in [0.15, 0.2) is 0 Å². The molecule has 0 saturated carbocycles. The summed E-state index contributed by atoms with van der Waals surface area (Å²) in [7, 11) is -3.76. The Morgan fingerprint density at radius 2 is 1.68 bits per heavy atom. The Hall–Kier alpha value is -2.93. The molecule has 0 aliphatic heterocycles. The first kappa shape index (κ1) is 19.8. The van der Waals surface area contributed by atoms with Gasteiger partial charge in [0.2, 0.25) is 15.9 Å². The zero-order valence-electron chi connectivity index (χ0n) is 15.6. The molecule has 146 valence electrons. The second-order valence-electron chi connectivity index (χ2n) is 6.51. The summed E-state index contributed by atoms with van der Waals surface area (Å²) in [4.78, 5) is 12.9. The van der Waals surface area contributed by atoms with Gasteiger partial charge in [0.05, 0.1) is 11.9 Å². The summed E-state index contributed by atoms with van der Waals surface area (Å²) in [6.45, 7) is 1.73. The van der Waals surface area contributed by atoms with Gasteiger partial charge in [-0.15, -0.1) is 0 Å². The van der Waals surface area contributed by atoms with Crippen molar-refractivity contribution < 1.29 is 17.6 Å². The molecule has 0 spiro atoms. The Kier molecular flexibility index (Phi) is 5.65. The van der Waals surface area contributed by atoms with Gasteiger partial charge >= 0.3 is 0 Å². The highest BCUT2D eigenvalue weighted by Crippen LogP contribution is 2.24. The highest BCUT2D eigenvalue weighted by atomic mass is 32.2. The lowest BCUT2D eigenvalue weighted by Gasteiger charge is -2.30. The molecule has 1 amide bonds. The average molecular weight is 400 g/mol. The molecule has 0 aliphatic rings. The summed E-state index contributed by atoms with van der Waals surface area (Å²) in [5.41, 5.74) is 0.819. The van der Waals surface area contributed by atoms with Crippen LogP contribution in [0.3, 0.4) is 0 Å². The van der Waals surface area contributed by atoms with Crippen molar-refractivity contribution in [2.24, 2.45) is 0 Å². The van der Waals surface area contributed by atoms with Crippen LogP contribution in [-0.4, -0.2) is 26.6 Å². The molecule has 1 N–H and O–H groups in total. The molecule has 0 heterocycles. The Bertz CT molecular complexity index is 1100. The first-order chi connectivity index (χ1) is 13.3. The lowest BCUT2D eigenvalue weighted by Crippen LogP contribution is -2.47. The largest absolute Gasteiger partial charge is 0.324 e. The summed E-state index contributed by atoms with van der Waals surface area (Å²) >= 11 is 0. The van der Waals surface area contributed by atoms with Crippen LogP contribution in [0.15, 0.2) is 66.7 Å². The predicted molar refractivity (Wildman–Crippen MR) is 110 cm³/mol. The van der Waals surface area contributed by atoms with Crippen LogP contribution in [-0.2, 0) is 14.8 Å². The highest BCUT2D eigenvalue weighted by Gasteiger charge is 2.31. The molecular weight excluding hydrogens is 379 g/mol. The minimum atomic E-state index is -3.76. The van der Waals surface area contributed by atoms with Gasteiger partial charge in [0, 0.05) is 5.69 Å². The number of amides is 1. The number of fused-ring (bicyclic) bond motifs is 1. The molecule has 5 nitrogen and oxygen atoms in total. The first-order valence-corrected chi connectivity index (χ1v) is 10.7. The fourth-order valence-electron chi connectivity index (χ4n) is 3.14. The highest BCUT2D eigenvalue weighted by molar-refractivity contribution is 7.92. The third-order valence-electron chi connectivity index (χ3n) is 4.43. The van der Waals surface area contributed by atoms with E-state index in [1.807, 2.05) is 36.4 Å². The maximum absolute atomic E-state index is 13.3. The predicted octanol–water partition coefficient (Wildman–Crippen LogP) is 4.16. The summed E-state index contributed by atoms with van der Waals surface area (Å²) in [5.74, 6) is -0.932. The summed E-state index contributed by atoms with van der Waals surface area (Å²) in [6.07, 6.45) is 1.28. The van der Waals surface area contributed by atoms with E-state index in [1.54, 1.807) is 13.0 Å². The number of carbonyl (C=O) groups is 1. The Morgan fingerprint density at radius 3 is 2.29 bits per heavy atom. The molecule has 0 radical (unpaired) electrons. The average Bonchev–Trinajstić information content (AvgIpc) is 2.66. The Morgan fingerprint density at radius 1 is 1.04 bits per heavy atom. The number of sulfonamides is 1. The molecule has 28 heavy (non-hydrogen) atoms. The molecular formula is C21H21FN2O3S. The van der Waals surface area contributed by atoms with Crippen LogP contribution >= 0.6 is 0 Å². The minimum Gasteiger partial charge on any atom is -0.324 e. The van der Waals surface area contributed by atoms with E-state index in [9.17, 15) is 17.6 Å². The molecule has 1 atom stereocenters. The number of hydrogen-bond acceptors (Lipinski definition) is 3. The van der Waals surface area contributed by atoms with E-state index >= 15 is 0 Å². The monoisotopic (exact) mass is 400 g/mol. The molecule has 0 unspecified atom stereocenters. The quantitative estimate of drug-likeness (QED) is 0.676. The number of halogens is 1. The molecule has 7 heteroatoms. The van der Waals surface area contributed by atoms with Crippen LogP contribution in [0.2, 0.25) is 0 Å². The number of nitrogens with one attached hydrogen (secondary N) is 1. The molecule has 0 aromatic heterocycles. The zero-order valence-corrected chi connectivity index (χ0v) is 16.4. The van der Waals surface area contributed by atoms with Gasteiger partial charge in [-0.3, -0.25) is 9.10 Å². The standard InChI is InChI=1S/C21H21FN2O3S/c1-3-20(24(28(2,26)27)19-12-9-17(22)10-13-19)21(25)23-18-11-8-15-6-4-5-7-16(15)14-18/h4-14,20H,3H2,1-2H3,(H,23,25)/t20-/m1/s1. The van der Waals surface area contributed by atoms with Crippen molar-refractivity contribution in [2.75, 3.05) is 15.9 Å². The topological polar surface area (TPSA) is 66.5 Å². The Labute approximate surface area is 163 Å². The second-order valence-corrected chi connectivity index (χ2v) is 8.37. The second kappa shape index (κ2) is 7.98. The third kappa shape index (κ3) is 4.31. The van der Waals surface area contributed by atoms with E-state index in [-0.39, 0.29) is 12.1 Å². The molecule has 0 bridgehead atoms.